The number of hydrogen-bond donors (Lipinski definition) is 2. The predicted octanol–water partition coefficient (Wildman–Crippen LogP) is 7.35. The molecule has 4 nitrogen and oxygen atoms in total. The van der Waals surface area contributed by atoms with E-state index in [0.717, 1.165) is 34.4 Å². The van der Waals surface area contributed by atoms with Gasteiger partial charge in [0, 0.05) is 22.3 Å². The van der Waals surface area contributed by atoms with Gasteiger partial charge in [-0.1, -0.05) is 66.7 Å². The van der Waals surface area contributed by atoms with Gasteiger partial charge in [-0.3, -0.25) is 0 Å². The third-order valence-corrected chi connectivity index (χ3v) is 6.78. The number of nitrogens with zero attached hydrogens (tertiary/aromatic N) is 2. The molecule has 1 heterocycles. The van der Waals surface area contributed by atoms with Crippen molar-refractivity contribution in [3.63, 3.8) is 0 Å². The molecule has 0 atom stereocenters. The highest BCUT2D eigenvalue weighted by Crippen LogP contribution is 2.38. The molecule has 0 aliphatic heterocycles. The molecule has 3 N–H and O–H groups in total. The molecule has 4 heteroatoms. The van der Waals surface area contributed by atoms with Crippen molar-refractivity contribution in [3.05, 3.63) is 114 Å². The van der Waals surface area contributed by atoms with Crippen LogP contribution in [0.15, 0.2) is 103 Å². The SMILES string of the molecule is Nc1ccc2nc(-c3ccc4ccccc4c3)nc(Nc3ccc4c(c3)Cc3ccccc3-4)c2c1. The van der Waals surface area contributed by atoms with E-state index in [0.29, 0.717) is 11.5 Å². The molecule has 1 aliphatic carbocycles. The Bertz CT molecular complexity index is 1770. The van der Waals surface area contributed by atoms with Gasteiger partial charge in [0.2, 0.25) is 0 Å². The molecule has 6 aromatic rings. The van der Waals surface area contributed by atoms with E-state index in [1.807, 2.05) is 18.2 Å². The summed E-state index contributed by atoms with van der Waals surface area (Å²) in [6.45, 7) is 0. The highest BCUT2D eigenvalue weighted by atomic mass is 15.0. The summed E-state index contributed by atoms with van der Waals surface area (Å²) in [6, 6.07) is 35.6. The second-order valence-electron chi connectivity index (χ2n) is 9.07. The Morgan fingerprint density at radius 1 is 0.657 bits per heavy atom. The van der Waals surface area contributed by atoms with E-state index >= 15 is 0 Å². The van der Waals surface area contributed by atoms with Crippen molar-refractivity contribution in [3.8, 4) is 22.5 Å². The van der Waals surface area contributed by atoms with E-state index in [-0.39, 0.29) is 0 Å². The first-order valence-electron chi connectivity index (χ1n) is 11.8. The fourth-order valence-corrected chi connectivity index (χ4v) is 5.06. The number of nitrogens with one attached hydrogen (secondary N) is 1. The largest absolute Gasteiger partial charge is 0.399 e. The summed E-state index contributed by atoms with van der Waals surface area (Å²) in [7, 11) is 0. The zero-order valence-corrected chi connectivity index (χ0v) is 19.0. The van der Waals surface area contributed by atoms with Crippen molar-refractivity contribution in [1.82, 2.24) is 9.97 Å². The second kappa shape index (κ2) is 7.67. The first kappa shape index (κ1) is 19.7. The maximum atomic E-state index is 6.14. The van der Waals surface area contributed by atoms with E-state index in [1.165, 1.54) is 33.0 Å². The maximum Gasteiger partial charge on any atom is 0.162 e. The number of rotatable bonds is 3. The van der Waals surface area contributed by atoms with Crippen LogP contribution in [0.25, 0.3) is 44.2 Å². The summed E-state index contributed by atoms with van der Waals surface area (Å²) in [4.78, 5) is 9.84. The third-order valence-electron chi connectivity index (χ3n) is 6.78. The van der Waals surface area contributed by atoms with E-state index in [2.05, 4.69) is 90.2 Å². The normalized spacial score (nSPS) is 12.0. The Morgan fingerprint density at radius 3 is 2.43 bits per heavy atom. The lowest BCUT2D eigenvalue weighted by Crippen LogP contribution is -2.00. The minimum atomic E-state index is 0.684. The van der Waals surface area contributed by atoms with E-state index in [9.17, 15) is 0 Å². The van der Waals surface area contributed by atoms with Gasteiger partial charge in [0.25, 0.3) is 0 Å². The molecule has 0 fully saturated rings. The predicted molar refractivity (Wildman–Crippen MR) is 145 cm³/mol. The summed E-state index contributed by atoms with van der Waals surface area (Å²) in [5, 5.41) is 6.83. The molecular formula is C31H22N4. The quantitative estimate of drug-likeness (QED) is 0.276. The van der Waals surface area contributed by atoms with Crippen molar-refractivity contribution in [2.24, 2.45) is 0 Å². The van der Waals surface area contributed by atoms with Gasteiger partial charge in [-0.2, -0.15) is 0 Å². The zero-order chi connectivity index (χ0) is 23.4. The molecule has 0 saturated heterocycles. The topological polar surface area (TPSA) is 63.8 Å². The van der Waals surface area contributed by atoms with E-state index < -0.39 is 0 Å². The molecular weight excluding hydrogens is 428 g/mol. The minimum absolute atomic E-state index is 0.684. The van der Waals surface area contributed by atoms with Crippen LogP contribution in [0.1, 0.15) is 11.1 Å². The monoisotopic (exact) mass is 450 g/mol. The molecule has 5 aromatic carbocycles. The molecule has 0 bridgehead atoms. The van der Waals surface area contributed by atoms with Crippen LogP contribution in [0.4, 0.5) is 17.2 Å². The molecule has 7 rings (SSSR count). The minimum Gasteiger partial charge on any atom is -0.399 e. The number of fused-ring (bicyclic) bond motifs is 5. The molecule has 166 valence electrons. The Balaban J connectivity index is 1.33. The molecule has 1 aromatic heterocycles. The Hall–Kier alpha value is -4.70. The molecule has 1 aliphatic rings. The lowest BCUT2D eigenvalue weighted by molar-refractivity contribution is 1.22. The van der Waals surface area contributed by atoms with Crippen molar-refractivity contribution in [1.29, 1.82) is 0 Å². The van der Waals surface area contributed by atoms with Gasteiger partial charge < -0.3 is 11.1 Å². The fourth-order valence-electron chi connectivity index (χ4n) is 5.06. The molecule has 35 heavy (non-hydrogen) atoms. The van der Waals surface area contributed by atoms with Crippen molar-refractivity contribution in [2.75, 3.05) is 11.1 Å². The van der Waals surface area contributed by atoms with Crippen LogP contribution >= 0.6 is 0 Å². The summed E-state index contributed by atoms with van der Waals surface area (Å²) in [5.41, 5.74) is 15.0. The van der Waals surface area contributed by atoms with Crippen LogP contribution in [-0.2, 0) is 6.42 Å². The van der Waals surface area contributed by atoms with Gasteiger partial charge in [-0.05, 0) is 75.8 Å². The Labute approximate surface area is 203 Å². The van der Waals surface area contributed by atoms with E-state index in [1.54, 1.807) is 0 Å². The Morgan fingerprint density at radius 2 is 1.49 bits per heavy atom. The lowest BCUT2D eigenvalue weighted by Gasteiger charge is -2.13. The highest BCUT2D eigenvalue weighted by molar-refractivity contribution is 5.95. The lowest BCUT2D eigenvalue weighted by atomic mass is 10.1. The van der Waals surface area contributed by atoms with Crippen LogP contribution in [0.5, 0.6) is 0 Å². The summed E-state index contributed by atoms with van der Waals surface area (Å²) in [5.74, 6) is 1.44. The Kier molecular flexibility index (Phi) is 4.33. The van der Waals surface area contributed by atoms with Crippen LogP contribution in [0, 0.1) is 0 Å². The number of hydrogen-bond acceptors (Lipinski definition) is 4. The molecule has 0 spiro atoms. The number of aromatic nitrogens is 2. The van der Waals surface area contributed by atoms with Crippen LogP contribution < -0.4 is 11.1 Å². The van der Waals surface area contributed by atoms with Gasteiger partial charge in [-0.25, -0.2) is 9.97 Å². The van der Waals surface area contributed by atoms with Gasteiger partial charge >= 0.3 is 0 Å². The van der Waals surface area contributed by atoms with Gasteiger partial charge in [0.1, 0.15) is 5.82 Å². The first-order valence-corrected chi connectivity index (χ1v) is 11.8. The van der Waals surface area contributed by atoms with Crippen LogP contribution in [-0.4, -0.2) is 9.97 Å². The molecule has 0 saturated carbocycles. The van der Waals surface area contributed by atoms with Gasteiger partial charge in [0.15, 0.2) is 5.82 Å². The third kappa shape index (κ3) is 3.39. The number of benzene rings is 5. The smallest absolute Gasteiger partial charge is 0.162 e. The molecule has 0 unspecified atom stereocenters. The zero-order valence-electron chi connectivity index (χ0n) is 19.0. The first-order chi connectivity index (χ1) is 17.2. The standard InChI is InChI=1S/C31H22N4/c32-24-11-14-29-28(18-24)31(35-30(34-29)22-10-9-19-5-1-2-6-20(19)15-22)33-25-12-13-27-23(17-25)16-21-7-3-4-8-26(21)27/h1-15,17-18H,16,32H2,(H,33,34,35). The van der Waals surface area contributed by atoms with Crippen molar-refractivity contribution < 1.29 is 0 Å². The average molecular weight is 451 g/mol. The van der Waals surface area contributed by atoms with Crippen molar-refractivity contribution in [2.45, 2.75) is 6.42 Å². The number of anilines is 3. The van der Waals surface area contributed by atoms with Crippen LogP contribution in [0.3, 0.4) is 0 Å². The summed E-state index contributed by atoms with van der Waals surface area (Å²) in [6.07, 6.45) is 0.945. The van der Waals surface area contributed by atoms with Gasteiger partial charge in [-0.15, -0.1) is 0 Å². The van der Waals surface area contributed by atoms with E-state index in [4.69, 9.17) is 15.7 Å². The number of nitrogen functional groups attached to an aromatic ring is 1. The second-order valence-corrected chi connectivity index (χ2v) is 9.07. The maximum absolute atomic E-state index is 6.14. The average Bonchev–Trinajstić information content (AvgIpc) is 3.26. The molecule has 0 amide bonds. The summed E-state index contributed by atoms with van der Waals surface area (Å²) < 4.78 is 0. The fraction of sp³-hybridized carbons (Fsp3) is 0.0323. The molecule has 0 radical (unpaired) electrons. The van der Waals surface area contributed by atoms with Crippen LogP contribution in [0.2, 0.25) is 0 Å². The van der Waals surface area contributed by atoms with Gasteiger partial charge in [0.05, 0.1) is 5.52 Å². The number of nitrogens with two attached hydrogens (primary N) is 1. The highest BCUT2D eigenvalue weighted by Gasteiger charge is 2.18. The summed E-state index contributed by atoms with van der Waals surface area (Å²) >= 11 is 0. The van der Waals surface area contributed by atoms with Crippen molar-refractivity contribution >= 4 is 38.9 Å².